The molecule has 1 aromatic rings. The highest BCUT2D eigenvalue weighted by Gasteiger charge is 2.03. The van der Waals surface area contributed by atoms with E-state index in [9.17, 15) is 0 Å². The van der Waals surface area contributed by atoms with Crippen LogP contribution in [0.1, 0.15) is 5.56 Å². The predicted octanol–water partition coefficient (Wildman–Crippen LogP) is 0.848. The van der Waals surface area contributed by atoms with Crippen LogP contribution in [0.5, 0.6) is 0 Å². The van der Waals surface area contributed by atoms with Gasteiger partial charge in [-0.1, -0.05) is 30.3 Å². The molecule has 0 heterocycles. The van der Waals surface area contributed by atoms with E-state index >= 15 is 0 Å². The third-order valence-electron chi connectivity index (χ3n) is 1.78. The smallest absolute Gasteiger partial charge is 0.0588 e. The maximum atomic E-state index is 8.84. The van der Waals surface area contributed by atoms with Crippen LogP contribution in [-0.4, -0.2) is 17.8 Å². The van der Waals surface area contributed by atoms with Gasteiger partial charge in [-0.25, -0.2) is 0 Å². The Labute approximate surface area is 73.2 Å². The second-order valence-electron chi connectivity index (χ2n) is 2.74. The van der Waals surface area contributed by atoms with E-state index in [-0.39, 0.29) is 12.6 Å². The lowest BCUT2D eigenvalue weighted by atomic mass is 10.1. The molecule has 2 heteroatoms. The number of hydrogen-bond donors (Lipinski definition) is 2. The number of rotatable bonds is 4. The summed E-state index contributed by atoms with van der Waals surface area (Å²) in [4.78, 5) is 0. The lowest BCUT2D eigenvalue weighted by molar-refractivity contribution is 0.251. The third kappa shape index (κ3) is 2.64. The summed E-state index contributed by atoms with van der Waals surface area (Å²) < 4.78 is 0. The van der Waals surface area contributed by atoms with Gasteiger partial charge in [-0.05, 0) is 12.0 Å². The maximum Gasteiger partial charge on any atom is 0.0588 e. The lowest BCUT2D eigenvalue weighted by Gasteiger charge is -2.11. The molecule has 0 spiro atoms. The summed E-state index contributed by atoms with van der Waals surface area (Å²) in [7, 11) is 5.22. The minimum atomic E-state index is -0.0487. The first-order valence-corrected chi connectivity index (χ1v) is 3.97. The Morgan fingerprint density at radius 3 is 2.50 bits per heavy atom. The molecule has 2 nitrogen and oxygen atoms in total. The van der Waals surface area contributed by atoms with Crippen molar-refractivity contribution in [3.05, 3.63) is 42.9 Å². The second-order valence-corrected chi connectivity index (χ2v) is 2.74. The number of nitrogens with one attached hydrogen (secondary N) is 1. The molecule has 1 rings (SSSR count). The number of hydrogen-bond acceptors (Lipinski definition) is 2. The molecule has 0 saturated heterocycles. The molecule has 0 amide bonds. The number of aliphatic hydroxyl groups is 1. The minimum Gasteiger partial charge on any atom is -0.395 e. The predicted molar refractivity (Wildman–Crippen MR) is 48.5 cm³/mol. The van der Waals surface area contributed by atoms with Crippen LogP contribution in [0.25, 0.3) is 0 Å². The van der Waals surface area contributed by atoms with Gasteiger partial charge >= 0.3 is 0 Å². The summed E-state index contributed by atoms with van der Waals surface area (Å²) in [5.74, 6) is 0. The fraction of sp³-hybridized carbons (Fsp3) is 0.300. The second kappa shape index (κ2) is 4.91. The van der Waals surface area contributed by atoms with Crippen LogP contribution in [-0.2, 0) is 6.42 Å². The average Bonchev–Trinajstić information content (AvgIpc) is 2.16. The van der Waals surface area contributed by atoms with Crippen molar-refractivity contribution in [3.63, 3.8) is 0 Å². The quantitative estimate of drug-likeness (QED) is 0.645. The molecule has 2 radical (unpaired) electrons. The SMILES string of the molecule is [CH]N[C@@H](CO)Cc1ccccc1. The van der Waals surface area contributed by atoms with Crippen molar-refractivity contribution in [1.29, 1.82) is 0 Å². The Morgan fingerprint density at radius 1 is 1.33 bits per heavy atom. The van der Waals surface area contributed by atoms with Crippen molar-refractivity contribution in [2.45, 2.75) is 12.5 Å². The van der Waals surface area contributed by atoms with Crippen LogP contribution in [0.2, 0.25) is 0 Å². The van der Waals surface area contributed by atoms with Crippen molar-refractivity contribution in [2.75, 3.05) is 6.61 Å². The zero-order valence-electron chi connectivity index (χ0n) is 6.90. The molecule has 0 aliphatic rings. The van der Waals surface area contributed by atoms with Gasteiger partial charge in [-0.15, -0.1) is 0 Å². The van der Waals surface area contributed by atoms with Gasteiger partial charge in [0.2, 0.25) is 0 Å². The number of aliphatic hydroxyl groups excluding tert-OH is 1. The molecule has 1 aromatic carbocycles. The molecular formula is C10H13NO. The van der Waals surface area contributed by atoms with Crippen LogP contribution >= 0.6 is 0 Å². The first-order chi connectivity index (χ1) is 5.86. The molecule has 64 valence electrons. The van der Waals surface area contributed by atoms with Crippen molar-refractivity contribution in [2.24, 2.45) is 0 Å². The van der Waals surface area contributed by atoms with Crippen molar-refractivity contribution >= 4 is 0 Å². The summed E-state index contributed by atoms with van der Waals surface area (Å²) >= 11 is 0. The van der Waals surface area contributed by atoms with Crippen molar-refractivity contribution in [3.8, 4) is 0 Å². The van der Waals surface area contributed by atoms with Gasteiger partial charge in [0.1, 0.15) is 0 Å². The zero-order chi connectivity index (χ0) is 8.81. The van der Waals surface area contributed by atoms with Crippen LogP contribution in [0.3, 0.4) is 0 Å². The van der Waals surface area contributed by atoms with E-state index in [2.05, 4.69) is 5.32 Å². The fourth-order valence-electron chi connectivity index (χ4n) is 1.07. The normalized spacial score (nSPS) is 12.8. The largest absolute Gasteiger partial charge is 0.395 e. The van der Waals surface area contributed by atoms with Gasteiger partial charge in [0.05, 0.1) is 6.61 Å². The van der Waals surface area contributed by atoms with Gasteiger partial charge in [-0.3, -0.25) is 0 Å². The van der Waals surface area contributed by atoms with E-state index in [1.807, 2.05) is 30.3 Å². The molecular weight excluding hydrogens is 150 g/mol. The summed E-state index contributed by atoms with van der Waals surface area (Å²) in [6, 6.07) is 9.89. The molecule has 2 N–H and O–H groups in total. The van der Waals surface area contributed by atoms with Crippen LogP contribution in [0.4, 0.5) is 0 Å². The fourth-order valence-corrected chi connectivity index (χ4v) is 1.07. The minimum absolute atomic E-state index is 0.0487. The van der Waals surface area contributed by atoms with Crippen molar-refractivity contribution in [1.82, 2.24) is 5.32 Å². The van der Waals surface area contributed by atoms with Crippen LogP contribution < -0.4 is 5.32 Å². The Bertz CT molecular complexity index is 206. The monoisotopic (exact) mass is 163 g/mol. The molecule has 12 heavy (non-hydrogen) atoms. The maximum absolute atomic E-state index is 8.84. The Morgan fingerprint density at radius 2 is 2.00 bits per heavy atom. The van der Waals surface area contributed by atoms with E-state index in [0.717, 1.165) is 6.42 Å². The van der Waals surface area contributed by atoms with E-state index in [1.54, 1.807) is 0 Å². The zero-order valence-corrected chi connectivity index (χ0v) is 6.90. The van der Waals surface area contributed by atoms with E-state index < -0.39 is 0 Å². The summed E-state index contributed by atoms with van der Waals surface area (Å²) in [5, 5.41) is 11.4. The highest BCUT2D eigenvalue weighted by atomic mass is 16.3. The molecule has 0 unspecified atom stereocenters. The van der Waals surface area contributed by atoms with Gasteiger partial charge in [-0.2, -0.15) is 0 Å². The Balaban J connectivity index is 2.51. The van der Waals surface area contributed by atoms with Gasteiger partial charge in [0.15, 0.2) is 0 Å². The summed E-state index contributed by atoms with van der Waals surface area (Å²) in [6.45, 7) is 0.0609. The molecule has 0 aliphatic heterocycles. The van der Waals surface area contributed by atoms with Gasteiger partial charge < -0.3 is 10.4 Å². The first kappa shape index (κ1) is 9.23. The lowest BCUT2D eigenvalue weighted by Crippen LogP contribution is -2.29. The average molecular weight is 163 g/mol. The van der Waals surface area contributed by atoms with E-state index in [4.69, 9.17) is 12.2 Å². The van der Waals surface area contributed by atoms with E-state index in [1.165, 1.54) is 5.56 Å². The van der Waals surface area contributed by atoms with Crippen LogP contribution in [0.15, 0.2) is 30.3 Å². The van der Waals surface area contributed by atoms with Gasteiger partial charge in [0.25, 0.3) is 0 Å². The molecule has 0 aliphatic carbocycles. The van der Waals surface area contributed by atoms with Crippen LogP contribution in [0, 0.1) is 7.05 Å². The topological polar surface area (TPSA) is 32.3 Å². The van der Waals surface area contributed by atoms with Crippen molar-refractivity contribution < 1.29 is 5.11 Å². The first-order valence-electron chi connectivity index (χ1n) is 3.97. The summed E-state index contributed by atoms with van der Waals surface area (Å²) in [5.41, 5.74) is 1.18. The highest BCUT2D eigenvalue weighted by Crippen LogP contribution is 2.02. The molecule has 1 atom stereocenters. The Kier molecular flexibility index (Phi) is 3.77. The number of benzene rings is 1. The molecule has 0 aromatic heterocycles. The molecule has 0 saturated carbocycles. The van der Waals surface area contributed by atoms with E-state index in [0.29, 0.717) is 0 Å². The Hall–Kier alpha value is -0.860. The van der Waals surface area contributed by atoms with Gasteiger partial charge in [0, 0.05) is 13.1 Å². The summed E-state index contributed by atoms with van der Waals surface area (Å²) in [6.07, 6.45) is 0.758. The standard InChI is InChI=1S/C10H13NO/c1-11-10(8-12)7-9-5-3-2-4-6-9/h1-6,10-12H,7-8H2/t10-/m1/s1. The highest BCUT2D eigenvalue weighted by molar-refractivity contribution is 5.15. The molecule has 0 fully saturated rings. The molecule has 0 bridgehead atoms. The third-order valence-corrected chi connectivity index (χ3v) is 1.78.